The molecule has 2 rings (SSSR count). The molecule has 1 saturated heterocycles. The molecule has 1 aliphatic heterocycles. The monoisotopic (exact) mass is 648 g/mol. The van der Waals surface area contributed by atoms with E-state index in [0.717, 1.165) is 24.8 Å². The fourth-order valence-electron chi connectivity index (χ4n) is 6.31. The Balaban J connectivity index is 2.22. The summed E-state index contributed by atoms with van der Waals surface area (Å²) in [7, 11) is 6.33. The highest BCUT2D eigenvalue weighted by Crippen LogP contribution is 2.30. The number of methoxy groups -OCH3 is 3. The van der Waals surface area contributed by atoms with Gasteiger partial charge in [0, 0.05) is 40.2 Å². The van der Waals surface area contributed by atoms with E-state index in [1.54, 1.807) is 26.2 Å². The molecule has 2 amide bonds. The number of nitrogens with two attached hydrogens (primary N) is 1. The van der Waals surface area contributed by atoms with Crippen molar-refractivity contribution in [2.75, 3.05) is 34.9 Å². The minimum atomic E-state index is -0.658. The molecule has 10 nitrogen and oxygen atoms in total. The van der Waals surface area contributed by atoms with Crippen LogP contribution in [0, 0.1) is 17.8 Å². The first-order valence-electron chi connectivity index (χ1n) is 16.1. The minimum absolute atomic E-state index is 0.0136. The molecule has 1 heterocycles. The summed E-state index contributed by atoms with van der Waals surface area (Å²) < 4.78 is 17.0. The van der Waals surface area contributed by atoms with Gasteiger partial charge >= 0.3 is 5.97 Å². The first-order valence-corrected chi connectivity index (χ1v) is 16.5. The van der Waals surface area contributed by atoms with Crippen LogP contribution in [0.25, 0.3) is 0 Å². The van der Waals surface area contributed by atoms with Crippen LogP contribution in [0.2, 0.25) is 0 Å². The third-order valence-corrected chi connectivity index (χ3v) is 9.84. The largest absolute Gasteiger partial charge is 0.467 e. The van der Waals surface area contributed by atoms with Crippen molar-refractivity contribution in [1.82, 2.24) is 15.1 Å². The average molecular weight is 649 g/mol. The predicted octanol–water partition coefficient (Wildman–Crippen LogP) is 3.59. The lowest BCUT2D eigenvalue weighted by Gasteiger charge is -2.40. The number of rotatable bonds is 17. The molecule has 0 spiro atoms. The molecule has 254 valence electrons. The number of benzene rings is 1. The lowest BCUT2D eigenvalue weighted by molar-refractivity contribution is -0.145. The third kappa shape index (κ3) is 10.2. The highest BCUT2D eigenvalue weighted by atomic mass is 32.1. The molecule has 11 heteroatoms. The lowest BCUT2D eigenvalue weighted by atomic mass is 9.89. The Bertz CT molecular complexity index is 1110. The smallest absolute Gasteiger partial charge is 0.328 e. The van der Waals surface area contributed by atoms with Crippen molar-refractivity contribution in [2.45, 2.75) is 103 Å². The van der Waals surface area contributed by atoms with Crippen LogP contribution in [-0.4, -0.2) is 104 Å². The molecule has 1 aromatic carbocycles. The van der Waals surface area contributed by atoms with Crippen molar-refractivity contribution < 1.29 is 28.6 Å². The Labute approximate surface area is 275 Å². The minimum Gasteiger partial charge on any atom is -0.467 e. The van der Waals surface area contributed by atoms with Crippen molar-refractivity contribution in [3.8, 4) is 0 Å². The van der Waals surface area contributed by atoms with Gasteiger partial charge in [0.05, 0.1) is 48.9 Å². The molecular formula is C34H56N4O6S. The van der Waals surface area contributed by atoms with Gasteiger partial charge in [0.2, 0.25) is 11.8 Å². The van der Waals surface area contributed by atoms with Crippen LogP contribution >= 0.6 is 12.2 Å². The van der Waals surface area contributed by atoms with E-state index in [0.29, 0.717) is 18.0 Å². The normalized spacial score (nSPS) is 19.6. The van der Waals surface area contributed by atoms with Gasteiger partial charge in [0.15, 0.2) is 0 Å². The van der Waals surface area contributed by atoms with Crippen molar-refractivity contribution in [2.24, 2.45) is 23.5 Å². The predicted molar refractivity (Wildman–Crippen MR) is 181 cm³/mol. The summed E-state index contributed by atoms with van der Waals surface area (Å²) in [6.07, 6.45) is 2.02. The van der Waals surface area contributed by atoms with Crippen LogP contribution in [0.5, 0.6) is 0 Å². The van der Waals surface area contributed by atoms with Crippen molar-refractivity contribution in [1.29, 1.82) is 0 Å². The van der Waals surface area contributed by atoms with Gasteiger partial charge in [0.25, 0.3) is 0 Å². The number of nitrogens with zero attached hydrogens (tertiary/aromatic N) is 2. The lowest BCUT2D eigenvalue weighted by Crippen LogP contribution is -2.56. The SMILES string of the molecule is CC[C@H](C)[C@@H]([C@@H](CC(=O)N1CCC[C@H]1[C@H](OC)[C@@H](C)C(=S)N[C@@H](Cc1ccccc1)C(=O)OC)OC)N(C)C(=O)[C@@H](N)C(C)C. The topological polar surface area (TPSA) is 123 Å². The van der Waals surface area contributed by atoms with Gasteiger partial charge in [-0.15, -0.1) is 0 Å². The fourth-order valence-corrected chi connectivity index (χ4v) is 6.59. The Morgan fingerprint density at radius 2 is 1.73 bits per heavy atom. The summed E-state index contributed by atoms with van der Waals surface area (Å²) in [5.74, 6) is -0.843. The molecule has 1 fully saturated rings. The number of likely N-dealkylation sites (tertiary alicyclic amines) is 1. The van der Waals surface area contributed by atoms with E-state index >= 15 is 0 Å². The Morgan fingerprint density at radius 1 is 1.09 bits per heavy atom. The number of amides is 2. The molecule has 45 heavy (non-hydrogen) atoms. The van der Waals surface area contributed by atoms with Crippen molar-refractivity contribution in [3.05, 3.63) is 35.9 Å². The highest BCUT2D eigenvalue weighted by Gasteiger charge is 2.42. The van der Waals surface area contributed by atoms with Crippen LogP contribution in [-0.2, 0) is 35.0 Å². The number of likely N-dealkylation sites (N-methyl/N-ethyl adjacent to an activating group) is 1. The number of hydrogen-bond donors (Lipinski definition) is 2. The van der Waals surface area contributed by atoms with Gasteiger partial charge in [-0.25, -0.2) is 4.79 Å². The fraction of sp³-hybridized carbons (Fsp3) is 0.706. The van der Waals surface area contributed by atoms with Gasteiger partial charge in [-0.2, -0.15) is 0 Å². The zero-order chi connectivity index (χ0) is 33.8. The Hall–Kier alpha value is -2.60. The molecule has 0 radical (unpaired) electrons. The zero-order valence-electron chi connectivity index (χ0n) is 28.7. The second kappa shape index (κ2) is 18.5. The van der Waals surface area contributed by atoms with Crippen molar-refractivity contribution >= 4 is 35.0 Å². The Morgan fingerprint density at radius 3 is 2.27 bits per heavy atom. The molecule has 0 bridgehead atoms. The molecule has 0 aliphatic carbocycles. The first kappa shape index (κ1) is 38.6. The standard InChI is InChI=1S/C34H56N4O6S/c1-10-22(4)30(37(6)33(40)29(35)21(2)3)27(42-7)20-28(39)38-18-14-17-26(38)31(43-8)23(5)32(45)36-25(34(41)44-9)19-24-15-12-11-13-16-24/h11-13,15-16,21-23,25-27,29-31H,10,14,17-20,35H2,1-9H3,(H,36,45)/t22-,23+,25-,26-,27+,29-,30-,31+/m0/s1. The molecule has 8 atom stereocenters. The maximum atomic E-state index is 13.9. The van der Waals surface area contributed by atoms with E-state index in [-0.39, 0.29) is 48.1 Å². The van der Waals surface area contributed by atoms with E-state index in [2.05, 4.69) is 19.2 Å². The number of esters is 1. The van der Waals surface area contributed by atoms with Crippen LogP contribution in [0.4, 0.5) is 0 Å². The summed E-state index contributed by atoms with van der Waals surface area (Å²) in [5, 5.41) is 3.22. The van der Waals surface area contributed by atoms with E-state index < -0.39 is 30.3 Å². The molecular weight excluding hydrogens is 592 g/mol. The molecule has 1 aliphatic rings. The van der Waals surface area contributed by atoms with E-state index in [4.69, 9.17) is 32.2 Å². The number of thiocarbonyl (C=S) groups is 1. The van der Waals surface area contributed by atoms with Crippen molar-refractivity contribution in [3.63, 3.8) is 0 Å². The molecule has 3 N–H and O–H groups in total. The second-order valence-electron chi connectivity index (χ2n) is 12.6. The van der Waals surface area contributed by atoms with E-state index in [1.807, 2.05) is 56.0 Å². The summed E-state index contributed by atoms with van der Waals surface area (Å²) in [4.78, 5) is 43.9. The number of ether oxygens (including phenoxy) is 3. The van der Waals surface area contributed by atoms with E-state index in [9.17, 15) is 14.4 Å². The van der Waals surface area contributed by atoms with Gasteiger partial charge in [-0.05, 0) is 30.2 Å². The molecule has 0 aromatic heterocycles. The number of carbonyl (C=O) groups excluding carboxylic acids is 3. The van der Waals surface area contributed by atoms with Gasteiger partial charge in [0.1, 0.15) is 6.04 Å². The zero-order valence-corrected chi connectivity index (χ0v) is 29.5. The molecule has 0 saturated carbocycles. The second-order valence-corrected chi connectivity index (χ2v) is 13.1. The summed E-state index contributed by atoms with van der Waals surface area (Å²) >= 11 is 5.81. The number of carbonyl (C=O) groups is 3. The third-order valence-electron chi connectivity index (χ3n) is 9.35. The maximum absolute atomic E-state index is 13.9. The summed E-state index contributed by atoms with van der Waals surface area (Å²) in [6.45, 7) is 10.5. The van der Waals surface area contributed by atoms with Gasteiger partial charge < -0.3 is 35.1 Å². The van der Waals surface area contributed by atoms with Crippen LogP contribution in [0.3, 0.4) is 0 Å². The van der Waals surface area contributed by atoms with Crippen LogP contribution < -0.4 is 11.1 Å². The quantitative estimate of drug-likeness (QED) is 0.193. The Kier molecular flexibility index (Phi) is 15.9. The average Bonchev–Trinajstić information content (AvgIpc) is 3.52. The summed E-state index contributed by atoms with van der Waals surface area (Å²) in [6, 6.07) is 7.85. The number of nitrogens with one attached hydrogen (secondary N) is 1. The van der Waals surface area contributed by atoms with Gasteiger partial charge in [-0.3, -0.25) is 9.59 Å². The highest BCUT2D eigenvalue weighted by molar-refractivity contribution is 7.80. The molecule has 0 unspecified atom stereocenters. The maximum Gasteiger partial charge on any atom is 0.328 e. The van der Waals surface area contributed by atoms with Crippen LogP contribution in [0.15, 0.2) is 30.3 Å². The van der Waals surface area contributed by atoms with Gasteiger partial charge in [-0.1, -0.05) is 83.6 Å². The van der Waals surface area contributed by atoms with E-state index in [1.165, 1.54) is 7.11 Å². The molecule has 1 aromatic rings. The first-order chi connectivity index (χ1) is 21.3. The summed E-state index contributed by atoms with van der Waals surface area (Å²) in [5.41, 5.74) is 7.21. The number of hydrogen-bond acceptors (Lipinski definition) is 8. The van der Waals surface area contributed by atoms with Crippen LogP contribution in [0.1, 0.15) is 65.9 Å².